The third-order valence-corrected chi connectivity index (χ3v) is 6.97. The van der Waals surface area contributed by atoms with Crippen LogP contribution in [0.15, 0.2) is 15.7 Å². The van der Waals surface area contributed by atoms with Gasteiger partial charge in [-0.2, -0.15) is 9.94 Å². The van der Waals surface area contributed by atoms with Gasteiger partial charge in [0.15, 0.2) is 0 Å². The molecule has 1 saturated heterocycles. The average Bonchev–Trinajstić information content (AvgIpc) is 3.47. The van der Waals surface area contributed by atoms with Crippen LogP contribution in [0.5, 0.6) is 0 Å². The zero-order valence-corrected chi connectivity index (χ0v) is 18.3. The number of aryl methyl sites for hydroxylation is 1. The highest BCUT2D eigenvalue weighted by Crippen LogP contribution is 2.39. The molecule has 166 valence electrons. The van der Waals surface area contributed by atoms with E-state index in [0.717, 1.165) is 19.3 Å². The Balaban J connectivity index is 1.74. The first-order chi connectivity index (χ1) is 14.8. The Bertz CT molecular complexity index is 1180. The molecule has 2 aromatic rings. The van der Waals surface area contributed by atoms with Crippen molar-refractivity contribution in [3.8, 4) is 6.07 Å². The summed E-state index contributed by atoms with van der Waals surface area (Å²) in [5.74, 6) is 5.57. The number of fused-ring (bicyclic) bond motifs is 1. The summed E-state index contributed by atoms with van der Waals surface area (Å²) in [6.45, 7) is 6.02. The standard InChI is InChI=1S/C22H29FN6O2/c1-13-19-17(21(30)29(25)22(31)28(19)16-5-6-16)11-18(23)20(13)27-10-7-15(12-27)14(2)26(3)9-4-8-24/h11,14-16H,4-7,9-10,12,25H2,1-3H3. The molecule has 1 aromatic carbocycles. The summed E-state index contributed by atoms with van der Waals surface area (Å²) < 4.78 is 17.4. The normalized spacial score (nSPS) is 19.9. The van der Waals surface area contributed by atoms with Crippen LogP contribution in [0.3, 0.4) is 0 Å². The number of nitrogens with two attached hydrogens (primary N) is 1. The molecule has 1 saturated carbocycles. The van der Waals surface area contributed by atoms with E-state index < -0.39 is 17.1 Å². The van der Waals surface area contributed by atoms with Crippen LogP contribution in [-0.4, -0.2) is 46.9 Å². The molecule has 2 aliphatic rings. The number of benzene rings is 1. The summed E-state index contributed by atoms with van der Waals surface area (Å²) >= 11 is 0. The van der Waals surface area contributed by atoms with Gasteiger partial charge in [-0.15, -0.1) is 0 Å². The van der Waals surface area contributed by atoms with E-state index in [1.807, 2.05) is 11.9 Å². The van der Waals surface area contributed by atoms with E-state index in [1.54, 1.807) is 11.5 Å². The molecular formula is C22H29FN6O2. The quantitative estimate of drug-likeness (QED) is 0.703. The van der Waals surface area contributed by atoms with Crippen LogP contribution in [0.25, 0.3) is 10.9 Å². The molecule has 9 heteroatoms. The minimum absolute atomic E-state index is 0.00236. The maximum absolute atomic E-state index is 15.3. The summed E-state index contributed by atoms with van der Waals surface area (Å²) in [7, 11) is 2.01. The van der Waals surface area contributed by atoms with Crippen LogP contribution in [-0.2, 0) is 0 Å². The molecule has 0 radical (unpaired) electrons. The third kappa shape index (κ3) is 3.59. The second-order valence-corrected chi connectivity index (χ2v) is 8.91. The molecule has 1 aromatic heterocycles. The van der Waals surface area contributed by atoms with Crippen LogP contribution in [0, 0.1) is 30.0 Å². The second kappa shape index (κ2) is 8.00. The monoisotopic (exact) mass is 428 g/mol. The van der Waals surface area contributed by atoms with E-state index in [2.05, 4.69) is 17.9 Å². The van der Waals surface area contributed by atoms with Gasteiger partial charge in [-0.1, -0.05) is 0 Å². The molecule has 2 atom stereocenters. The molecule has 2 N–H and O–H groups in total. The number of rotatable bonds is 6. The Morgan fingerprint density at radius 2 is 2.06 bits per heavy atom. The zero-order valence-electron chi connectivity index (χ0n) is 18.3. The SMILES string of the molecule is Cc1c(N2CCC(C(C)N(C)CCC#N)C2)c(F)cc2c(=O)n(N)c(=O)n(C3CC3)c12. The maximum atomic E-state index is 15.3. The number of nitriles is 1. The lowest BCUT2D eigenvalue weighted by atomic mass is 9.99. The van der Waals surface area contributed by atoms with Crippen LogP contribution in [0.2, 0.25) is 0 Å². The van der Waals surface area contributed by atoms with Gasteiger partial charge in [-0.25, -0.2) is 9.18 Å². The van der Waals surface area contributed by atoms with Crippen molar-refractivity contribution in [2.75, 3.05) is 37.4 Å². The highest BCUT2D eigenvalue weighted by Gasteiger charge is 2.34. The van der Waals surface area contributed by atoms with Crippen LogP contribution < -0.4 is 22.0 Å². The molecule has 1 aliphatic carbocycles. The summed E-state index contributed by atoms with van der Waals surface area (Å²) in [6, 6.07) is 3.67. The number of hydrogen-bond donors (Lipinski definition) is 1. The van der Waals surface area contributed by atoms with Crippen molar-refractivity contribution in [2.45, 2.75) is 51.6 Å². The topological polar surface area (TPSA) is 100 Å². The smallest absolute Gasteiger partial charge is 0.350 e. The van der Waals surface area contributed by atoms with Crippen LogP contribution in [0.1, 0.15) is 44.2 Å². The van der Waals surface area contributed by atoms with Crippen molar-refractivity contribution >= 4 is 16.6 Å². The highest BCUT2D eigenvalue weighted by atomic mass is 19.1. The molecule has 2 heterocycles. The molecule has 4 rings (SSSR count). The molecule has 0 amide bonds. The van der Waals surface area contributed by atoms with Crippen molar-refractivity contribution in [2.24, 2.45) is 5.92 Å². The fourth-order valence-corrected chi connectivity index (χ4v) is 4.89. The van der Waals surface area contributed by atoms with E-state index in [0.29, 0.717) is 53.4 Å². The van der Waals surface area contributed by atoms with Crippen LogP contribution in [0.4, 0.5) is 10.1 Å². The van der Waals surface area contributed by atoms with Crippen molar-refractivity contribution < 1.29 is 4.39 Å². The van der Waals surface area contributed by atoms with Crippen molar-refractivity contribution in [1.29, 1.82) is 5.26 Å². The van der Waals surface area contributed by atoms with Crippen molar-refractivity contribution in [3.63, 3.8) is 0 Å². The first-order valence-electron chi connectivity index (χ1n) is 10.8. The Hall–Kier alpha value is -2.86. The fourth-order valence-electron chi connectivity index (χ4n) is 4.89. The maximum Gasteiger partial charge on any atom is 0.350 e. The van der Waals surface area contributed by atoms with Gasteiger partial charge in [0.05, 0.1) is 22.7 Å². The van der Waals surface area contributed by atoms with E-state index in [4.69, 9.17) is 11.1 Å². The highest BCUT2D eigenvalue weighted by molar-refractivity contribution is 5.87. The molecule has 2 fully saturated rings. The molecule has 31 heavy (non-hydrogen) atoms. The number of anilines is 1. The Morgan fingerprint density at radius 1 is 1.35 bits per heavy atom. The van der Waals surface area contributed by atoms with E-state index in [-0.39, 0.29) is 17.5 Å². The van der Waals surface area contributed by atoms with Gasteiger partial charge in [0.2, 0.25) is 0 Å². The third-order valence-electron chi connectivity index (χ3n) is 6.97. The molecule has 1 aliphatic heterocycles. The number of hydrogen-bond acceptors (Lipinski definition) is 6. The summed E-state index contributed by atoms with van der Waals surface area (Å²) in [6.07, 6.45) is 3.08. The van der Waals surface area contributed by atoms with Crippen molar-refractivity contribution in [3.05, 3.63) is 38.3 Å². The predicted molar refractivity (Wildman–Crippen MR) is 118 cm³/mol. The van der Waals surface area contributed by atoms with E-state index in [9.17, 15) is 9.59 Å². The Labute approximate surface area is 180 Å². The van der Waals surface area contributed by atoms with E-state index in [1.165, 1.54) is 6.07 Å². The van der Waals surface area contributed by atoms with Gasteiger partial charge in [0.25, 0.3) is 5.56 Å². The summed E-state index contributed by atoms with van der Waals surface area (Å²) in [4.78, 5) is 29.5. The minimum Gasteiger partial charge on any atom is -0.369 e. The minimum atomic E-state index is -0.669. The van der Waals surface area contributed by atoms with Gasteiger partial charge in [0.1, 0.15) is 5.82 Å². The van der Waals surface area contributed by atoms with Gasteiger partial charge in [0, 0.05) is 43.7 Å². The number of aromatic nitrogens is 2. The largest absolute Gasteiger partial charge is 0.369 e. The van der Waals surface area contributed by atoms with Gasteiger partial charge in [-0.3, -0.25) is 9.36 Å². The number of halogens is 1. The Morgan fingerprint density at radius 3 is 2.71 bits per heavy atom. The lowest BCUT2D eigenvalue weighted by Gasteiger charge is -2.30. The lowest BCUT2D eigenvalue weighted by Crippen LogP contribution is -2.44. The Kier molecular flexibility index (Phi) is 5.52. The summed E-state index contributed by atoms with van der Waals surface area (Å²) in [5, 5.41) is 8.99. The first kappa shape index (κ1) is 21.4. The van der Waals surface area contributed by atoms with Gasteiger partial charge >= 0.3 is 5.69 Å². The fraction of sp³-hybridized carbons (Fsp3) is 0.591. The van der Waals surface area contributed by atoms with E-state index >= 15 is 4.39 Å². The number of nitrogens with zero attached hydrogens (tertiary/aromatic N) is 5. The van der Waals surface area contributed by atoms with Crippen LogP contribution >= 0.6 is 0 Å². The second-order valence-electron chi connectivity index (χ2n) is 8.91. The lowest BCUT2D eigenvalue weighted by molar-refractivity contribution is 0.203. The molecular weight excluding hydrogens is 399 g/mol. The van der Waals surface area contributed by atoms with Gasteiger partial charge < -0.3 is 15.6 Å². The molecule has 2 unspecified atom stereocenters. The molecule has 0 bridgehead atoms. The first-order valence-corrected chi connectivity index (χ1v) is 10.8. The predicted octanol–water partition coefficient (Wildman–Crippen LogP) is 1.72. The average molecular weight is 429 g/mol. The summed E-state index contributed by atoms with van der Waals surface area (Å²) in [5.41, 5.74) is 0.358. The van der Waals surface area contributed by atoms with Crippen molar-refractivity contribution in [1.82, 2.24) is 14.1 Å². The zero-order chi connectivity index (χ0) is 22.4. The number of nitrogen functional groups attached to an aromatic ring is 1. The molecule has 0 spiro atoms. The molecule has 8 nitrogen and oxygen atoms in total. The van der Waals surface area contributed by atoms with Gasteiger partial charge in [-0.05, 0) is 52.1 Å².